The summed E-state index contributed by atoms with van der Waals surface area (Å²) in [5.41, 5.74) is 2.58. The van der Waals surface area contributed by atoms with Crippen molar-refractivity contribution in [2.24, 2.45) is 23.7 Å². The molecule has 17 nitrogen and oxygen atoms in total. The number of hydrogen-bond acceptors (Lipinski definition) is 17. The van der Waals surface area contributed by atoms with Crippen LogP contribution in [-0.4, -0.2) is 87.0 Å². The molecule has 0 aliphatic heterocycles. The quantitative estimate of drug-likeness (QED) is 0.00881. The molecule has 2 aliphatic rings. The lowest BCUT2D eigenvalue weighted by molar-refractivity contribution is -0.152. The minimum absolute atomic E-state index is 0.250. The molecule has 0 spiro atoms. The maximum absolute atomic E-state index is 13.8. The lowest BCUT2D eigenvalue weighted by Gasteiger charge is -2.26. The van der Waals surface area contributed by atoms with Gasteiger partial charge >= 0.3 is 35.8 Å². The number of ether oxygens (including phenoxy) is 10. The molecule has 490 valence electrons. The number of carbonyl (C=O) groups excluding carboxylic acids is 6. The largest absolute Gasteiger partial charge is 0.494 e. The normalized spacial score (nSPS) is 16.1. The molecule has 0 bridgehead atoms. The van der Waals surface area contributed by atoms with Crippen molar-refractivity contribution in [1.82, 2.24) is 4.98 Å². The van der Waals surface area contributed by atoms with E-state index in [1.807, 2.05) is 84.9 Å². The SMILES string of the molecule is C=CC(=O)OCCCCCCOc1ccc(CCOC(=O)C2CCC(C(=O)Oc3ccc4c(c3)nc(Oc3ccc(OCCCCCC)cc3)c3cc(OC(=O)C5CCC(C(=O)OCCc6ccc(OCCCCCCOC(=O)C=C)cc6)CC5)ccc34)CC2)cc1. The lowest BCUT2D eigenvalue weighted by atomic mass is 9.82. The molecule has 0 atom stereocenters. The van der Waals surface area contributed by atoms with E-state index < -0.39 is 17.9 Å². The zero-order valence-electron chi connectivity index (χ0n) is 53.3. The molecule has 0 unspecified atom stereocenters. The van der Waals surface area contributed by atoms with Crippen molar-refractivity contribution in [2.75, 3.05) is 46.2 Å². The minimum atomic E-state index is -0.398. The van der Waals surface area contributed by atoms with Crippen LogP contribution >= 0.6 is 0 Å². The number of benzene rings is 5. The van der Waals surface area contributed by atoms with E-state index in [1.54, 1.807) is 24.3 Å². The molecule has 8 rings (SSSR count). The third-order valence-corrected chi connectivity index (χ3v) is 16.8. The summed E-state index contributed by atoms with van der Waals surface area (Å²) >= 11 is 0. The molecule has 92 heavy (non-hydrogen) atoms. The second-order valence-electron chi connectivity index (χ2n) is 23.6. The van der Waals surface area contributed by atoms with E-state index >= 15 is 0 Å². The van der Waals surface area contributed by atoms with Crippen molar-refractivity contribution in [2.45, 2.75) is 148 Å². The summed E-state index contributed by atoms with van der Waals surface area (Å²) in [6, 6.07) is 33.6. The van der Waals surface area contributed by atoms with Gasteiger partial charge in [0.2, 0.25) is 5.88 Å². The van der Waals surface area contributed by atoms with Crippen LogP contribution in [0.2, 0.25) is 0 Å². The number of aromatic nitrogens is 1. The average molecular weight is 1260 g/mol. The summed E-state index contributed by atoms with van der Waals surface area (Å²) < 4.78 is 57.8. The summed E-state index contributed by atoms with van der Waals surface area (Å²) in [5, 5.41) is 2.14. The van der Waals surface area contributed by atoms with E-state index in [4.69, 9.17) is 52.4 Å². The van der Waals surface area contributed by atoms with Crippen LogP contribution < -0.4 is 28.4 Å². The Morgan fingerprint density at radius 1 is 0.391 bits per heavy atom. The number of pyridine rings is 1. The fraction of sp³-hybridized carbons (Fsp3) is 0.453. The maximum atomic E-state index is 13.8. The fourth-order valence-electron chi connectivity index (χ4n) is 11.3. The highest BCUT2D eigenvalue weighted by Crippen LogP contribution is 2.39. The topological polar surface area (TPSA) is 208 Å². The van der Waals surface area contributed by atoms with Crippen molar-refractivity contribution in [3.05, 3.63) is 146 Å². The molecule has 2 saturated carbocycles. The fourth-order valence-corrected chi connectivity index (χ4v) is 11.3. The van der Waals surface area contributed by atoms with Gasteiger partial charge in [0.25, 0.3) is 0 Å². The zero-order valence-corrected chi connectivity index (χ0v) is 53.3. The Balaban J connectivity index is 0.797. The molecule has 17 heteroatoms. The van der Waals surface area contributed by atoms with Crippen molar-refractivity contribution in [3.63, 3.8) is 0 Å². The first-order valence-corrected chi connectivity index (χ1v) is 33.0. The van der Waals surface area contributed by atoms with Crippen LogP contribution in [0, 0.1) is 23.7 Å². The Labute approximate surface area is 540 Å². The predicted molar refractivity (Wildman–Crippen MR) is 350 cm³/mol. The third-order valence-electron chi connectivity index (χ3n) is 16.8. The molecule has 1 heterocycles. The number of unbranched alkanes of at least 4 members (excludes halogenated alkanes) is 9. The molecule has 0 N–H and O–H groups in total. The molecule has 2 aliphatic carbocycles. The van der Waals surface area contributed by atoms with Gasteiger partial charge in [-0.2, -0.15) is 0 Å². The number of hydrogen-bond donors (Lipinski definition) is 0. The van der Waals surface area contributed by atoms with Crippen molar-refractivity contribution < 1.29 is 76.1 Å². The predicted octanol–water partition coefficient (Wildman–Crippen LogP) is 15.5. The Morgan fingerprint density at radius 2 is 0.761 bits per heavy atom. The summed E-state index contributed by atoms with van der Waals surface area (Å²) in [7, 11) is 0. The third kappa shape index (κ3) is 22.6. The Kier molecular flexibility index (Phi) is 28.2. The number of nitrogens with zero attached hydrogens (tertiary/aromatic N) is 1. The van der Waals surface area contributed by atoms with E-state index in [0.717, 1.165) is 116 Å². The lowest BCUT2D eigenvalue weighted by Crippen LogP contribution is -2.29. The average Bonchev–Trinajstić information content (AvgIpc) is 0.776. The first-order chi connectivity index (χ1) is 44.9. The Morgan fingerprint density at radius 3 is 1.20 bits per heavy atom. The molecule has 0 radical (unpaired) electrons. The highest BCUT2D eigenvalue weighted by atomic mass is 16.6. The smallest absolute Gasteiger partial charge is 0.330 e. The van der Waals surface area contributed by atoms with Gasteiger partial charge in [0.05, 0.1) is 75.4 Å². The summed E-state index contributed by atoms with van der Waals surface area (Å²) in [6.07, 6.45) is 19.1. The van der Waals surface area contributed by atoms with Crippen LogP contribution in [0.1, 0.15) is 146 Å². The van der Waals surface area contributed by atoms with Crippen molar-refractivity contribution >= 4 is 57.5 Å². The van der Waals surface area contributed by atoms with E-state index in [1.165, 1.54) is 12.2 Å². The van der Waals surface area contributed by atoms with Crippen molar-refractivity contribution in [1.29, 1.82) is 0 Å². The van der Waals surface area contributed by atoms with Gasteiger partial charge in [0.15, 0.2) is 0 Å². The van der Waals surface area contributed by atoms with Gasteiger partial charge in [0.1, 0.15) is 34.5 Å². The van der Waals surface area contributed by atoms with E-state index in [-0.39, 0.29) is 60.7 Å². The van der Waals surface area contributed by atoms with Gasteiger partial charge in [-0.05, 0) is 205 Å². The van der Waals surface area contributed by atoms with Gasteiger partial charge in [0, 0.05) is 41.8 Å². The zero-order chi connectivity index (χ0) is 64.7. The summed E-state index contributed by atoms with van der Waals surface area (Å²) in [4.78, 5) is 81.0. The van der Waals surface area contributed by atoms with Gasteiger partial charge < -0.3 is 47.4 Å². The highest BCUT2D eigenvalue weighted by molar-refractivity contribution is 6.09. The number of carbonyl (C=O) groups is 6. The summed E-state index contributed by atoms with van der Waals surface area (Å²) in [5.74, 6) is 0.244. The van der Waals surface area contributed by atoms with Crippen LogP contribution in [0.25, 0.3) is 21.7 Å². The molecule has 0 amide bonds. The van der Waals surface area contributed by atoms with Crippen LogP contribution in [0.5, 0.6) is 40.4 Å². The highest BCUT2D eigenvalue weighted by Gasteiger charge is 2.34. The first kappa shape index (κ1) is 69.2. The Bertz CT molecular complexity index is 3340. The van der Waals surface area contributed by atoms with Crippen LogP contribution in [0.15, 0.2) is 135 Å². The number of fused-ring (bicyclic) bond motifs is 3. The van der Waals surface area contributed by atoms with Crippen LogP contribution in [0.4, 0.5) is 0 Å². The second-order valence-corrected chi connectivity index (χ2v) is 23.6. The van der Waals surface area contributed by atoms with Crippen LogP contribution in [-0.2, 0) is 60.6 Å². The number of rotatable bonds is 38. The number of esters is 6. The van der Waals surface area contributed by atoms with Gasteiger partial charge in [-0.25, -0.2) is 14.6 Å². The van der Waals surface area contributed by atoms with Gasteiger partial charge in [-0.15, -0.1) is 0 Å². The summed E-state index contributed by atoms with van der Waals surface area (Å²) in [6.45, 7) is 12.1. The van der Waals surface area contributed by atoms with E-state index in [0.29, 0.717) is 125 Å². The molecule has 5 aromatic carbocycles. The monoisotopic (exact) mass is 1260 g/mol. The van der Waals surface area contributed by atoms with E-state index in [9.17, 15) is 28.8 Å². The molecule has 2 fully saturated rings. The van der Waals surface area contributed by atoms with Crippen molar-refractivity contribution in [3.8, 4) is 40.4 Å². The van der Waals surface area contributed by atoms with Gasteiger partial charge in [-0.3, -0.25) is 19.2 Å². The van der Waals surface area contributed by atoms with Crippen LogP contribution in [0.3, 0.4) is 0 Å². The van der Waals surface area contributed by atoms with E-state index in [2.05, 4.69) is 20.1 Å². The minimum Gasteiger partial charge on any atom is -0.494 e. The molecule has 0 saturated heterocycles. The first-order valence-electron chi connectivity index (χ1n) is 33.0. The molecule has 1 aromatic heterocycles. The standard InChI is InChI=1S/C75H89NO16/c1-4-7-8-13-44-85-61-34-36-62(37-35-61)90-71-67-51-63(91-74(81)57-26-22-55(23-27-57)72(79)88-49-42-53-18-30-59(31-19-53)83-45-14-9-11-16-47-86-69(77)5-2)38-40-65(67)66-41-39-64(52-68(66)76-71)92-75(82)58-28-24-56(25-29-58)73(80)89-50-43-54-20-32-60(33-21-54)84-46-15-10-12-17-48-87-70(78)6-3/h5-6,18-21,30-41,51-52,55-58H,2-4,7-17,22-29,42-50H2,1H3. The molecular weight excluding hydrogens is 1170 g/mol. The second kappa shape index (κ2) is 37.6. The molecule has 6 aromatic rings. The molecular formula is C75H89NO16. The maximum Gasteiger partial charge on any atom is 0.330 e. The van der Waals surface area contributed by atoms with Gasteiger partial charge in [-0.1, -0.05) is 63.6 Å². The Hall–Kier alpha value is -8.73.